The summed E-state index contributed by atoms with van der Waals surface area (Å²) in [5, 5.41) is 12.7. The van der Waals surface area contributed by atoms with E-state index in [0.29, 0.717) is 11.5 Å². The lowest BCUT2D eigenvalue weighted by atomic mass is 9.79. The van der Waals surface area contributed by atoms with Crippen molar-refractivity contribution in [2.45, 2.75) is 32.2 Å². The predicted molar refractivity (Wildman–Crippen MR) is 88.4 cm³/mol. The molecule has 1 aliphatic rings. The van der Waals surface area contributed by atoms with Crippen LogP contribution in [-0.4, -0.2) is 16.6 Å². The lowest BCUT2D eigenvalue weighted by Gasteiger charge is -2.35. The minimum absolute atomic E-state index is 0.00553. The molecule has 114 valence electrons. The van der Waals surface area contributed by atoms with Gasteiger partial charge in [-0.2, -0.15) is 0 Å². The van der Waals surface area contributed by atoms with E-state index in [-0.39, 0.29) is 5.54 Å². The fraction of sp³-hybridized carbons (Fsp3) is 0.316. The Labute approximate surface area is 131 Å². The van der Waals surface area contributed by atoms with Crippen molar-refractivity contribution in [2.24, 2.45) is 5.92 Å². The maximum absolute atomic E-state index is 11.0. The standard InChI is InChI=1S/C19H21NO2/c1-13(2)19(12-16-5-3-4-6-17(16)20-19)11-14-7-9-15(10-8-14)18(21)22/h3-10,13,20H,11-12H2,1-2H3,(H,21,22). The van der Waals surface area contributed by atoms with Crippen molar-refractivity contribution in [1.29, 1.82) is 0 Å². The van der Waals surface area contributed by atoms with Crippen molar-refractivity contribution in [1.82, 2.24) is 0 Å². The van der Waals surface area contributed by atoms with E-state index in [9.17, 15) is 4.79 Å². The van der Waals surface area contributed by atoms with Crippen LogP contribution in [0, 0.1) is 5.92 Å². The van der Waals surface area contributed by atoms with E-state index >= 15 is 0 Å². The van der Waals surface area contributed by atoms with Crippen molar-refractivity contribution in [3.05, 3.63) is 65.2 Å². The van der Waals surface area contributed by atoms with E-state index in [1.165, 1.54) is 16.8 Å². The Kier molecular flexibility index (Phi) is 3.65. The monoisotopic (exact) mass is 295 g/mol. The Morgan fingerprint density at radius 2 is 1.86 bits per heavy atom. The quantitative estimate of drug-likeness (QED) is 0.896. The molecule has 3 rings (SSSR count). The van der Waals surface area contributed by atoms with Crippen molar-refractivity contribution in [3.63, 3.8) is 0 Å². The maximum atomic E-state index is 11.0. The predicted octanol–water partition coefficient (Wildman–Crippen LogP) is 3.99. The fourth-order valence-corrected chi connectivity index (χ4v) is 3.24. The summed E-state index contributed by atoms with van der Waals surface area (Å²) in [5.41, 5.74) is 4.08. The molecule has 1 atom stereocenters. The maximum Gasteiger partial charge on any atom is 0.335 e. The van der Waals surface area contributed by atoms with E-state index in [2.05, 4.69) is 43.4 Å². The van der Waals surface area contributed by atoms with Crippen molar-refractivity contribution < 1.29 is 9.90 Å². The second-order valence-electron chi connectivity index (χ2n) is 6.45. The summed E-state index contributed by atoms with van der Waals surface area (Å²) in [4.78, 5) is 11.0. The first kappa shape index (κ1) is 14.6. The number of carbonyl (C=O) groups is 1. The Morgan fingerprint density at radius 1 is 1.18 bits per heavy atom. The molecule has 0 bridgehead atoms. The van der Waals surface area contributed by atoms with Gasteiger partial charge in [-0.1, -0.05) is 44.2 Å². The third kappa shape index (κ3) is 2.59. The van der Waals surface area contributed by atoms with Gasteiger partial charge in [-0.25, -0.2) is 4.79 Å². The first-order valence-corrected chi connectivity index (χ1v) is 7.68. The summed E-state index contributed by atoms with van der Waals surface area (Å²) >= 11 is 0. The number of benzene rings is 2. The Morgan fingerprint density at radius 3 is 2.45 bits per heavy atom. The van der Waals surface area contributed by atoms with Gasteiger partial charge in [0.1, 0.15) is 0 Å². The molecular weight excluding hydrogens is 274 g/mol. The summed E-state index contributed by atoms with van der Waals surface area (Å²) in [7, 11) is 0. The molecule has 3 heteroatoms. The van der Waals surface area contributed by atoms with Gasteiger partial charge >= 0.3 is 5.97 Å². The highest BCUT2D eigenvalue weighted by atomic mass is 16.4. The number of aromatic carboxylic acids is 1. The van der Waals surface area contributed by atoms with Crippen LogP contribution in [0.3, 0.4) is 0 Å². The van der Waals surface area contributed by atoms with Crippen molar-refractivity contribution in [3.8, 4) is 0 Å². The van der Waals surface area contributed by atoms with E-state index in [1.54, 1.807) is 12.1 Å². The molecule has 0 aromatic heterocycles. The normalized spacial score (nSPS) is 19.8. The largest absolute Gasteiger partial charge is 0.478 e. The molecule has 2 aromatic rings. The number of nitrogens with one attached hydrogen (secondary N) is 1. The first-order valence-electron chi connectivity index (χ1n) is 7.68. The Bertz CT molecular complexity index is 664. The third-order valence-electron chi connectivity index (χ3n) is 4.73. The molecule has 22 heavy (non-hydrogen) atoms. The van der Waals surface area contributed by atoms with Crippen LogP contribution in [0.2, 0.25) is 0 Å². The molecule has 1 heterocycles. The van der Waals surface area contributed by atoms with Crippen LogP contribution in [0.5, 0.6) is 0 Å². The fourth-order valence-electron chi connectivity index (χ4n) is 3.24. The molecule has 0 amide bonds. The number of para-hydroxylation sites is 1. The minimum atomic E-state index is -0.878. The number of carboxylic acid groups (broad SMARTS) is 1. The van der Waals surface area contributed by atoms with Crippen LogP contribution in [0.15, 0.2) is 48.5 Å². The summed E-state index contributed by atoms with van der Waals surface area (Å²) in [6, 6.07) is 15.7. The van der Waals surface area contributed by atoms with Crippen LogP contribution < -0.4 is 5.32 Å². The molecular formula is C19H21NO2. The SMILES string of the molecule is CC(C)C1(Cc2ccc(C(=O)O)cc2)Cc2ccccc2N1. The van der Waals surface area contributed by atoms with Gasteiger partial charge in [-0.15, -0.1) is 0 Å². The number of rotatable bonds is 4. The van der Waals surface area contributed by atoms with Gasteiger partial charge in [0.05, 0.1) is 5.56 Å². The molecule has 0 spiro atoms. The van der Waals surface area contributed by atoms with Crippen LogP contribution in [0.25, 0.3) is 0 Å². The van der Waals surface area contributed by atoms with Crippen LogP contribution in [-0.2, 0) is 12.8 Å². The van der Waals surface area contributed by atoms with Gasteiger partial charge < -0.3 is 10.4 Å². The summed E-state index contributed by atoms with van der Waals surface area (Å²) in [6.07, 6.45) is 1.89. The third-order valence-corrected chi connectivity index (χ3v) is 4.73. The highest BCUT2D eigenvalue weighted by Crippen LogP contribution is 2.39. The van der Waals surface area contributed by atoms with E-state index in [0.717, 1.165) is 12.8 Å². The molecule has 0 fully saturated rings. The number of fused-ring (bicyclic) bond motifs is 1. The van der Waals surface area contributed by atoms with E-state index in [4.69, 9.17) is 5.11 Å². The Hall–Kier alpha value is -2.29. The van der Waals surface area contributed by atoms with Crippen molar-refractivity contribution >= 4 is 11.7 Å². The number of anilines is 1. The van der Waals surface area contributed by atoms with Gasteiger partial charge in [0, 0.05) is 11.2 Å². The summed E-state index contributed by atoms with van der Waals surface area (Å²) in [5.74, 6) is -0.407. The zero-order valence-electron chi connectivity index (χ0n) is 13.0. The van der Waals surface area contributed by atoms with Crippen LogP contribution in [0.4, 0.5) is 5.69 Å². The highest BCUT2D eigenvalue weighted by Gasteiger charge is 2.39. The molecule has 1 aliphatic heterocycles. The highest BCUT2D eigenvalue weighted by molar-refractivity contribution is 5.87. The molecule has 0 saturated heterocycles. The lowest BCUT2D eigenvalue weighted by molar-refractivity contribution is 0.0697. The summed E-state index contributed by atoms with van der Waals surface area (Å²) < 4.78 is 0. The lowest BCUT2D eigenvalue weighted by Crippen LogP contribution is -2.44. The van der Waals surface area contributed by atoms with Crippen LogP contribution >= 0.6 is 0 Å². The van der Waals surface area contributed by atoms with E-state index < -0.39 is 5.97 Å². The average molecular weight is 295 g/mol. The molecule has 1 unspecified atom stereocenters. The number of carboxylic acids is 1. The molecule has 2 aromatic carbocycles. The number of hydrogen-bond donors (Lipinski definition) is 2. The zero-order valence-corrected chi connectivity index (χ0v) is 13.0. The first-order chi connectivity index (χ1) is 10.5. The smallest absolute Gasteiger partial charge is 0.335 e. The second kappa shape index (κ2) is 5.48. The van der Waals surface area contributed by atoms with Crippen molar-refractivity contribution in [2.75, 3.05) is 5.32 Å². The number of hydrogen-bond acceptors (Lipinski definition) is 2. The van der Waals surface area contributed by atoms with Crippen LogP contribution in [0.1, 0.15) is 35.3 Å². The van der Waals surface area contributed by atoms with Gasteiger partial charge in [0.25, 0.3) is 0 Å². The summed E-state index contributed by atoms with van der Waals surface area (Å²) in [6.45, 7) is 4.48. The van der Waals surface area contributed by atoms with E-state index in [1.807, 2.05) is 12.1 Å². The second-order valence-corrected chi connectivity index (χ2v) is 6.45. The minimum Gasteiger partial charge on any atom is -0.478 e. The molecule has 0 aliphatic carbocycles. The Balaban J connectivity index is 1.86. The molecule has 3 nitrogen and oxygen atoms in total. The zero-order chi connectivity index (χ0) is 15.7. The van der Waals surface area contributed by atoms with Gasteiger partial charge in [0.15, 0.2) is 0 Å². The van der Waals surface area contributed by atoms with Gasteiger partial charge in [-0.3, -0.25) is 0 Å². The average Bonchev–Trinajstić information content (AvgIpc) is 2.87. The topological polar surface area (TPSA) is 49.3 Å². The van der Waals surface area contributed by atoms with Gasteiger partial charge in [0.2, 0.25) is 0 Å². The van der Waals surface area contributed by atoms with Gasteiger partial charge in [-0.05, 0) is 48.1 Å². The molecule has 0 saturated carbocycles. The molecule has 2 N–H and O–H groups in total. The molecule has 0 radical (unpaired) electrons.